The molecule has 0 aliphatic carbocycles. The molecule has 0 radical (unpaired) electrons. The zero-order valence-electron chi connectivity index (χ0n) is 14.8. The Morgan fingerprint density at radius 3 is 2.85 bits per heavy atom. The number of ketones is 1. The standard InChI is InChI=1S/C20H18N2O3S/c1-11-5-4-6-16-17(11)21-19(26-16)22-18(24)12-7-8-15-13(9-12)14(23)10-20(2,3)25-15/h4-9H,10H2,1-3H3,(H,21,22,24). The molecule has 6 heteroatoms. The number of nitrogens with one attached hydrogen (secondary N) is 1. The molecule has 0 fully saturated rings. The molecule has 26 heavy (non-hydrogen) atoms. The average Bonchev–Trinajstić information content (AvgIpc) is 2.97. The number of thiazole rings is 1. The molecule has 0 spiro atoms. The van der Waals surface area contributed by atoms with Gasteiger partial charge in [0.2, 0.25) is 0 Å². The molecule has 0 atom stereocenters. The smallest absolute Gasteiger partial charge is 0.257 e. The van der Waals surface area contributed by atoms with Crippen LogP contribution in [0.3, 0.4) is 0 Å². The third-order valence-electron chi connectivity index (χ3n) is 4.36. The average molecular weight is 366 g/mol. The maximum atomic E-state index is 12.6. The van der Waals surface area contributed by atoms with Gasteiger partial charge in [0.15, 0.2) is 10.9 Å². The van der Waals surface area contributed by atoms with Crippen molar-refractivity contribution in [3.8, 4) is 5.75 Å². The fourth-order valence-electron chi connectivity index (χ4n) is 3.10. The van der Waals surface area contributed by atoms with Gasteiger partial charge in [0.25, 0.3) is 5.91 Å². The molecular weight excluding hydrogens is 348 g/mol. The minimum absolute atomic E-state index is 0.0125. The lowest BCUT2D eigenvalue weighted by molar-refractivity contribution is 0.0620. The van der Waals surface area contributed by atoms with E-state index >= 15 is 0 Å². The molecular formula is C20H18N2O3S. The van der Waals surface area contributed by atoms with E-state index in [0.29, 0.717) is 28.4 Å². The van der Waals surface area contributed by atoms with Gasteiger partial charge in [-0.25, -0.2) is 4.98 Å². The number of carbonyl (C=O) groups is 2. The van der Waals surface area contributed by atoms with E-state index in [0.717, 1.165) is 15.8 Å². The lowest BCUT2D eigenvalue weighted by atomic mass is 9.92. The number of rotatable bonds is 2. The summed E-state index contributed by atoms with van der Waals surface area (Å²) in [6, 6.07) is 10.9. The predicted molar refractivity (Wildman–Crippen MR) is 102 cm³/mol. The van der Waals surface area contributed by atoms with Gasteiger partial charge in [-0.2, -0.15) is 0 Å². The van der Waals surface area contributed by atoms with E-state index in [1.807, 2.05) is 39.0 Å². The Morgan fingerprint density at radius 1 is 1.27 bits per heavy atom. The van der Waals surface area contributed by atoms with Crippen LogP contribution in [0.5, 0.6) is 5.75 Å². The largest absolute Gasteiger partial charge is 0.487 e. The Balaban J connectivity index is 1.61. The van der Waals surface area contributed by atoms with Crippen LogP contribution < -0.4 is 10.1 Å². The highest BCUT2D eigenvalue weighted by Gasteiger charge is 2.32. The van der Waals surface area contributed by atoms with Crippen molar-refractivity contribution in [2.75, 3.05) is 5.32 Å². The Labute approximate surface area is 155 Å². The number of hydrogen-bond acceptors (Lipinski definition) is 5. The first-order chi connectivity index (χ1) is 12.3. The van der Waals surface area contributed by atoms with Gasteiger partial charge >= 0.3 is 0 Å². The van der Waals surface area contributed by atoms with Crippen molar-refractivity contribution in [1.82, 2.24) is 4.98 Å². The van der Waals surface area contributed by atoms with E-state index < -0.39 is 5.60 Å². The first-order valence-corrected chi connectivity index (χ1v) is 9.18. The van der Waals surface area contributed by atoms with Crippen LogP contribution in [-0.2, 0) is 0 Å². The van der Waals surface area contributed by atoms with E-state index in [-0.39, 0.29) is 11.7 Å². The van der Waals surface area contributed by atoms with Crippen LogP contribution >= 0.6 is 11.3 Å². The number of aryl methyl sites for hydroxylation is 1. The van der Waals surface area contributed by atoms with Gasteiger partial charge in [0, 0.05) is 5.56 Å². The first-order valence-electron chi connectivity index (χ1n) is 8.36. The molecule has 1 aliphatic rings. The van der Waals surface area contributed by atoms with Gasteiger partial charge in [-0.05, 0) is 50.6 Å². The van der Waals surface area contributed by atoms with E-state index in [4.69, 9.17) is 4.74 Å². The number of benzene rings is 2. The molecule has 1 N–H and O–H groups in total. The van der Waals surface area contributed by atoms with Crippen LogP contribution in [0.15, 0.2) is 36.4 Å². The van der Waals surface area contributed by atoms with Crippen molar-refractivity contribution in [3.63, 3.8) is 0 Å². The van der Waals surface area contributed by atoms with Gasteiger partial charge in [0.05, 0.1) is 22.2 Å². The number of para-hydroxylation sites is 1. The summed E-state index contributed by atoms with van der Waals surface area (Å²) >= 11 is 1.43. The lowest BCUT2D eigenvalue weighted by Gasteiger charge is -2.31. The van der Waals surface area contributed by atoms with Gasteiger partial charge in [-0.3, -0.25) is 14.9 Å². The van der Waals surface area contributed by atoms with Gasteiger partial charge in [-0.15, -0.1) is 0 Å². The number of anilines is 1. The number of Topliss-reactive ketones (excluding diaryl/α,β-unsaturated/α-hetero) is 1. The summed E-state index contributed by atoms with van der Waals surface area (Å²) in [4.78, 5) is 29.5. The summed E-state index contributed by atoms with van der Waals surface area (Å²) in [6.45, 7) is 5.75. The number of amides is 1. The molecule has 5 nitrogen and oxygen atoms in total. The van der Waals surface area contributed by atoms with Gasteiger partial charge in [0.1, 0.15) is 11.4 Å². The fraction of sp³-hybridized carbons (Fsp3) is 0.250. The zero-order chi connectivity index (χ0) is 18.5. The van der Waals surface area contributed by atoms with Crippen LogP contribution in [0.1, 0.15) is 46.5 Å². The molecule has 0 unspecified atom stereocenters. The van der Waals surface area contributed by atoms with Crippen molar-refractivity contribution in [1.29, 1.82) is 0 Å². The monoisotopic (exact) mass is 366 g/mol. The number of carbonyl (C=O) groups excluding carboxylic acids is 2. The maximum Gasteiger partial charge on any atom is 0.257 e. The molecule has 4 rings (SSSR count). The second-order valence-electron chi connectivity index (χ2n) is 7.07. The minimum Gasteiger partial charge on any atom is -0.487 e. The van der Waals surface area contributed by atoms with Crippen LogP contribution in [0, 0.1) is 6.92 Å². The second kappa shape index (κ2) is 5.92. The zero-order valence-corrected chi connectivity index (χ0v) is 15.6. The Kier molecular flexibility index (Phi) is 3.80. The Hall–Kier alpha value is -2.73. The number of hydrogen-bond donors (Lipinski definition) is 1. The van der Waals surface area contributed by atoms with Crippen LogP contribution in [0.4, 0.5) is 5.13 Å². The molecule has 0 saturated heterocycles. The molecule has 2 heterocycles. The fourth-order valence-corrected chi connectivity index (χ4v) is 4.04. The van der Waals surface area contributed by atoms with Gasteiger partial charge in [-0.1, -0.05) is 23.5 Å². The van der Waals surface area contributed by atoms with Crippen LogP contribution in [0.2, 0.25) is 0 Å². The van der Waals surface area contributed by atoms with Crippen molar-refractivity contribution in [3.05, 3.63) is 53.1 Å². The second-order valence-corrected chi connectivity index (χ2v) is 8.10. The molecule has 0 bridgehead atoms. The Bertz CT molecular complexity index is 1050. The third-order valence-corrected chi connectivity index (χ3v) is 5.29. The van der Waals surface area contributed by atoms with Crippen LogP contribution in [-0.4, -0.2) is 22.3 Å². The highest BCUT2D eigenvalue weighted by Crippen LogP contribution is 2.34. The summed E-state index contributed by atoms with van der Waals surface area (Å²) in [5.41, 5.74) is 2.31. The number of ether oxygens (including phenoxy) is 1. The van der Waals surface area contributed by atoms with Gasteiger partial charge < -0.3 is 4.74 Å². The predicted octanol–water partition coefficient (Wildman–Crippen LogP) is 4.60. The minimum atomic E-state index is -0.521. The summed E-state index contributed by atoms with van der Waals surface area (Å²) < 4.78 is 6.86. The van der Waals surface area contributed by atoms with E-state index in [2.05, 4.69) is 10.3 Å². The van der Waals surface area contributed by atoms with E-state index in [9.17, 15) is 9.59 Å². The van der Waals surface area contributed by atoms with E-state index in [1.54, 1.807) is 18.2 Å². The summed E-state index contributed by atoms with van der Waals surface area (Å²) in [6.07, 6.45) is 0.294. The maximum absolute atomic E-state index is 12.6. The molecule has 3 aromatic rings. The SMILES string of the molecule is Cc1cccc2sc(NC(=O)c3ccc4c(c3)C(=O)CC(C)(C)O4)nc12. The first kappa shape index (κ1) is 16.7. The highest BCUT2D eigenvalue weighted by atomic mass is 32.1. The summed E-state index contributed by atoms with van der Waals surface area (Å²) in [7, 11) is 0. The number of nitrogens with zero attached hydrogens (tertiary/aromatic N) is 1. The normalized spacial score (nSPS) is 15.4. The highest BCUT2D eigenvalue weighted by molar-refractivity contribution is 7.22. The molecule has 132 valence electrons. The van der Waals surface area contributed by atoms with Crippen molar-refractivity contribution >= 4 is 38.4 Å². The quantitative estimate of drug-likeness (QED) is 0.720. The molecule has 2 aromatic carbocycles. The lowest BCUT2D eigenvalue weighted by Crippen LogP contribution is -2.36. The molecule has 1 aliphatic heterocycles. The van der Waals surface area contributed by atoms with Crippen LogP contribution in [0.25, 0.3) is 10.2 Å². The van der Waals surface area contributed by atoms with Crippen molar-refractivity contribution in [2.45, 2.75) is 32.8 Å². The molecule has 1 amide bonds. The Morgan fingerprint density at radius 2 is 2.08 bits per heavy atom. The summed E-state index contributed by atoms with van der Waals surface area (Å²) in [5, 5.41) is 3.37. The number of fused-ring (bicyclic) bond motifs is 2. The molecule has 0 saturated carbocycles. The summed E-state index contributed by atoms with van der Waals surface area (Å²) in [5.74, 6) is 0.224. The number of aromatic nitrogens is 1. The third kappa shape index (κ3) is 2.97. The molecule has 1 aromatic heterocycles. The van der Waals surface area contributed by atoms with Crippen molar-refractivity contribution < 1.29 is 14.3 Å². The topological polar surface area (TPSA) is 68.3 Å². The van der Waals surface area contributed by atoms with Crippen molar-refractivity contribution in [2.24, 2.45) is 0 Å². The van der Waals surface area contributed by atoms with E-state index in [1.165, 1.54) is 11.3 Å².